The highest BCUT2D eigenvalue weighted by molar-refractivity contribution is 7.48. The number of phosphoric acid groups is 1. The van der Waals surface area contributed by atoms with E-state index in [1.807, 2.05) is 0 Å². The van der Waals surface area contributed by atoms with Gasteiger partial charge in [0.05, 0.1) is 24.3 Å². The standard InChI is InChI=1S/C24H40N3O11P/c1-13-10-23(30,12-27-11-14-6-8-15(9-7-14)38-39(32,33-4)34-5)24(31)22(35-13)36-21-19(29)16(25-2)18(28)17(26-3)20(21)37-24/h6-9,13,16-22,25-31H,10-12H2,1-5H3/t13-,16-,17+,18+,19+,20-,21-,22+,23-,24-/m1/s1. The molecule has 3 aliphatic rings. The molecule has 14 nitrogen and oxygen atoms in total. The van der Waals surface area contributed by atoms with Crippen molar-refractivity contribution in [3.63, 3.8) is 0 Å². The van der Waals surface area contributed by atoms with Crippen LogP contribution in [-0.2, 0) is 34.4 Å². The van der Waals surface area contributed by atoms with Crippen LogP contribution in [0.3, 0.4) is 0 Å². The third-order valence-electron chi connectivity index (χ3n) is 7.68. The van der Waals surface area contributed by atoms with Crippen LogP contribution in [-0.4, -0.2) is 116 Å². The van der Waals surface area contributed by atoms with Crippen LogP contribution < -0.4 is 20.5 Å². The molecule has 2 heterocycles. The highest BCUT2D eigenvalue weighted by Gasteiger charge is 2.68. The predicted molar refractivity (Wildman–Crippen MR) is 137 cm³/mol. The number of benzene rings is 1. The molecular weight excluding hydrogens is 537 g/mol. The van der Waals surface area contributed by atoms with Gasteiger partial charge in [0.1, 0.15) is 29.7 Å². The number of aliphatic hydroxyl groups is 4. The highest BCUT2D eigenvalue weighted by Crippen LogP contribution is 2.48. The summed E-state index contributed by atoms with van der Waals surface area (Å²) in [5.41, 5.74) is -1.03. The number of phosphoric ester groups is 1. The first kappa shape index (κ1) is 30.7. The molecule has 7 N–H and O–H groups in total. The maximum absolute atomic E-state index is 12.2. The number of fused-ring (bicyclic) bond motifs is 2. The van der Waals surface area contributed by atoms with Crippen LogP contribution in [0.25, 0.3) is 0 Å². The summed E-state index contributed by atoms with van der Waals surface area (Å²) in [4.78, 5) is 0. The smallest absolute Gasteiger partial charge is 0.404 e. The van der Waals surface area contributed by atoms with Gasteiger partial charge in [-0.3, -0.25) is 9.05 Å². The zero-order valence-electron chi connectivity index (χ0n) is 22.6. The Balaban J connectivity index is 1.47. The third kappa shape index (κ3) is 5.77. The Bertz CT molecular complexity index is 1010. The first-order chi connectivity index (χ1) is 18.4. The molecule has 39 heavy (non-hydrogen) atoms. The summed E-state index contributed by atoms with van der Waals surface area (Å²) < 4.78 is 45.0. The number of likely N-dealkylation sites (N-methyl/N-ethyl adjacent to an activating group) is 2. The van der Waals surface area contributed by atoms with Gasteiger partial charge in [-0.1, -0.05) is 12.1 Å². The molecule has 15 heteroatoms. The van der Waals surface area contributed by atoms with Gasteiger partial charge in [-0.15, -0.1) is 0 Å². The van der Waals surface area contributed by atoms with E-state index in [2.05, 4.69) is 16.0 Å². The van der Waals surface area contributed by atoms with Crippen LogP contribution in [0.4, 0.5) is 0 Å². The molecular formula is C24H40N3O11P. The molecule has 4 rings (SSSR count). The van der Waals surface area contributed by atoms with Gasteiger partial charge in [0.2, 0.25) is 12.1 Å². The summed E-state index contributed by atoms with van der Waals surface area (Å²) in [7, 11) is 2.01. The van der Waals surface area contributed by atoms with Crippen LogP contribution in [0.15, 0.2) is 24.3 Å². The lowest BCUT2D eigenvalue weighted by Gasteiger charge is -2.60. The topological polar surface area (TPSA) is 189 Å². The van der Waals surface area contributed by atoms with Gasteiger partial charge in [-0.2, -0.15) is 0 Å². The van der Waals surface area contributed by atoms with Gasteiger partial charge < -0.3 is 55.1 Å². The van der Waals surface area contributed by atoms with Crippen molar-refractivity contribution in [2.75, 3.05) is 34.9 Å². The summed E-state index contributed by atoms with van der Waals surface area (Å²) in [6, 6.07) is 5.24. The van der Waals surface area contributed by atoms with E-state index in [4.69, 9.17) is 27.8 Å². The molecule has 0 spiro atoms. The lowest BCUT2D eigenvalue weighted by molar-refractivity contribution is -0.482. The average molecular weight is 578 g/mol. The van der Waals surface area contributed by atoms with E-state index < -0.39 is 68.1 Å². The summed E-state index contributed by atoms with van der Waals surface area (Å²) in [5.74, 6) is -2.01. The Labute approximate surface area is 227 Å². The van der Waals surface area contributed by atoms with E-state index in [1.54, 1.807) is 45.3 Å². The van der Waals surface area contributed by atoms with Crippen LogP contribution in [0.1, 0.15) is 18.9 Å². The molecule has 1 aromatic rings. The van der Waals surface area contributed by atoms with Gasteiger partial charge in [0, 0.05) is 33.7 Å². The Kier molecular flexibility index (Phi) is 9.41. The molecule has 1 aliphatic carbocycles. The lowest BCUT2D eigenvalue weighted by atomic mass is 9.77. The van der Waals surface area contributed by atoms with Gasteiger partial charge in [0.15, 0.2) is 0 Å². The van der Waals surface area contributed by atoms with Crippen LogP contribution >= 0.6 is 7.82 Å². The fourth-order valence-corrected chi connectivity index (χ4v) is 6.27. The van der Waals surface area contributed by atoms with Gasteiger partial charge >= 0.3 is 7.82 Å². The van der Waals surface area contributed by atoms with Crippen molar-refractivity contribution in [3.8, 4) is 5.75 Å². The Morgan fingerprint density at radius 3 is 2.23 bits per heavy atom. The minimum Gasteiger partial charge on any atom is -0.404 e. The minimum atomic E-state index is -3.68. The maximum Gasteiger partial charge on any atom is 0.529 e. The normalized spacial score (nSPS) is 40.5. The number of aliphatic hydroxyl groups excluding tert-OH is 2. The number of hydrogen-bond acceptors (Lipinski definition) is 14. The zero-order chi connectivity index (χ0) is 28.6. The molecule has 0 amide bonds. The van der Waals surface area contributed by atoms with E-state index in [0.29, 0.717) is 12.3 Å². The summed E-state index contributed by atoms with van der Waals surface area (Å²) in [6.45, 7) is 1.95. The van der Waals surface area contributed by atoms with Gasteiger partial charge in [-0.05, 0) is 38.7 Å². The van der Waals surface area contributed by atoms with Crippen molar-refractivity contribution in [1.29, 1.82) is 0 Å². The Morgan fingerprint density at radius 1 is 1.00 bits per heavy atom. The number of hydrogen-bond donors (Lipinski definition) is 7. The predicted octanol–water partition coefficient (Wildman–Crippen LogP) is -1.19. The number of ether oxygens (including phenoxy) is 3. The van der Waals surface area contributed by atoms with Gasteiger partial charge in [-0.25, -0.2) is 4.57 Å². The molecule has 10 atom stereocenters. The first-order valence-electron chi connectivity index (χ1n) is 12.8. The molecule has 0 radical (unpaired) electrons. The number of nitrogens with one attached hydrogen (secondary N) is 3. The molecule has 2 saturated heterocycles. The fraction of sp³-hybridized carbons (Fsp3) is 0.750. The quantitative estimate of drug-likeness (QED) is 0.164. The van der Waals surface area contributed by atoms with Crippen molar-refractivity contribution in [2.24, 2.45) is 0 Å². The van der Waals surface area contributed by atoms with E-state index >= 15 is 0 Å². The molecule has 222 valence electrons. The van der Waals surface area contributed by atoms with Crippen molar-refractivity contribution >= 4 is 7.82 Å². The van der Waals surface area contributed by atoms with Crippen molar-refractivity contribution in [3.05, 3.63) is 29.8 Å². The molecule has 3 fully saturated rings. The van der Waals surface area contributed by atoms with Gasteiger partial charge in [0.25, 0.3) is 0 Å². The van der Waals surface area contributed by atoms with Crippen molar-refractivity contribution in [2.45, 2.75) is 80.2 Å². The lowest BCUT2D eigenvalue weighted by Crippen LogP contribution is -2.81. The minimum absolute atomic E-state index is 0.0261. The van der Waals surface area contributed by atoms with E-state index in [1.165, 1.54) is 14.2 Å². The second-order valence-corrected chi connectivity index (χ2v) is 12.0. The van der Waals surface area contributed by atoms with Crippen molar-refractivity contribution in [1.82, 2.24) is 16.0 Å². The van der Waals surface area contributed by atoms with Crippen LogP contribution in [0.2, 0.25) is 0 Å². The molecule has 0 unspecified atom stereocenters. The molecule has 0 bridgehead atoms. The van der Waals surface area contributed by atoms with Crippen LogP contribution in [0.5, 0.6) is 5.75 Å². The van der Waals surface area contributed by atoms with Crippen LogP contribution in [0, 0.1) is 0 Å². The monoisotopic (exact) mass is 577 g/mol. The summed E-state index contributed by atoms with van der Waals surface area (Å²) in [5, 5.41) is 54.2. The Morgan fingerprint density at radius 2 is 1.64 bits per heavy atom. The SMILES string of the molecule is CN[C@@H]1[C@H](O)[C@H](NC)[C@H]2O[C@]3(O)[C@H](O[C@@H]2[C@H]1O)O[C@H](C)C[C@@]3(O)CNCc1ccc(OP(=O)(OC)OC)cc1. The Hall–Kier alpha value is -1.23. The second kappa shape index (κ2) is 11.9. The highest BCUT2D eigenvalue weighted by atomic mass is 31.2. The molecule has 1 saturated carbocycles. The van der Waals surface area contributed by atoms with Crippen molar-refractivity contribution < 1.29 is 52.8 Å². The van der Waals surface area contributed by atoms with E-state index in [9.17, 15) is 25.0 Å². The fourth-order valence-electron chi connectivity index (χ4n) is 5.59. The second-order valence-electron chi connectivity index (χ2n) is 10.2. The van der Waals surface area contributed by atoms with E-state index in [0.717, 1.165) is 5.56 Å². The number of rotatable bonds is 10. The maximum atomic E-state index is 12.2. The molecule has 2 aliphatic heterocycles. The average Bonchev–Trinajstić information content (AvgIpc) is 2.90. The largest absolute Gasteiger partial charge is 0.529 e. The summed E-state index contributed by atoms with van der Waals surface area (Å²) in [6.07, 6.45) is -6.02. The zero-order valence-corrected chi connectivity index (χ0v) is 23.5. The third-order valence-corrected chi connectivity index (χ3v) is 9.01. The van der Waals surface area contributed by atoms with E-state index in [-0.39, 0.29) is 13.0 Å². The molecule has 0 aromatic heterocycles. The molecule has 1 aromatic carbocycles. The first-order valence-corrected chi connectivity index (χ1v) is 14.2. The summed E-state index contributed by atoms with van der Waals surface area (Å²) >= 11 is 0.